The zero-order chi connectivity index (χ0) is 18.1. The summed E-state index contributed by atoms with van der Waals surface area (Å²) in [5.41, 5.74) is 7.18. The van der Waals surface area contributed by atoms with E-state index in [1.54, 1.807) is 0 Å². The lowest BCUT2D eigenvalue weighted by Crippen LogP contribution is -2.19. The summed E-state index contributed by atoms with van der Waals surface area (Å²) in [7, 11) is 0. The molecule has 0 bridgehead atoms. The second-order valence-corrected chi connectivity index (χ2v) is 7.26. The highest BCUT2D eigenvalue weighted by atomic mass is 35.5. The average Bonchev–Trinajstić information content (AvgIpc) is 3.08. The first-order chi connectivity index (χ1) is 12.6. The van der Waals surface area contributed by atoms with Gasteiger partial charge in [-0.25, -0.2) is 0 Å². The van der Waals surface area contributed by atoms with Crippen LogP contribution in [0.25, 0.3) is 0 Å². The number of nitrogens with zero attached hydrogens (tertiary/aromatic N) is 2. The van der Waals surface area contributed by atoms with E-state index >= 15 is 0 Å². The summed E-state index contributed by atoms with van der Waals surface area (Å²) in [6, 6.07) is 25.2. The van der Waals surface area contributed by atoms with E-state index < -0.39 is 0 Å². The minimum absolute atomic E-state index is 0.170. The van der Waals surface area contributed by atoms with Crippen LogP contribution in [0.2, 0.25) is 5.02 Å². The number of aryl methyl sites for hydroxylation is 2. The van der Waals surface area contributed by atoms with E-state index in [0.29, 0.717) is 0 Å². The van der Waals surface area contributed by atoms with Crippen molar-refractivity contribution in [3.63, 3.8) is 0 Å². The van der Waals surface area contributed by atoms with Gasteiger partial charge in [-0.2, -0.15) is 5.10 Å². The number of benzene rings is 3. The number of halogens is 1. The predicted molar refractivity (Wildman–Crippen MR) is 110 cm³/mol. The van der Waals surface area contributed by atoms with E-state index in [1.807, 2.05) is 18.2 Å². The zero-order valence-corrected chi connectivity index (χ0v) is 15.7. The molecule has 0 spiro atoms. The van der Waals surface area contributed by atoms with E-state index in [9.17, 15) is 0 Å². The summed E-state index contributed by atoms with van der Waals surface area (Å²) < 4.78 is 0. The van der Waals surface area contributed by atoms with Gasteiger partial charge in [0, 0.05) is 11.4 Å². The van der Waals surface area contributed by atoms with Crippen LogP contribution in [0.5, 0.6) is 0 Å². The molecule has 4 rings (SSSR count). The molecule has 0 amide bonds. The second-order valence-electron chi connectivity index (χ2n) is 6.82. The number of hydrogen-bond acceptors (Lipinski definition) is 2. The highest BCUT2D eigenvalue weighted by Crippen LogP contribution is 2.38. The van der Waals surface area contributed by atoms with Crippen molar-refractivity contribution in [3.05, 3.63) is 100 Å². The lowest BCUT2D eigenvalue weighted by Gasteiger charge is -2.25. The van der Waals surface area contributed by atoms with Crippen LogP contribution in [0.15, 0.2) is 77.9 Å². The van der Waals surface area contributed by atoms with Crippen molar-refractivity contribution < 1.29 is 0 Å². The van der Waals surface area contributed by atoms with Crippen molar-refractivity contribution in [1.29, 1.82) is 0 Å². The van der Waals surface area contributed by atoms with Crippen LogP contribution in [0, 0.1) is 13.8 Å². The molecular formula is C23H21ClN2. The van der Waals surface area contributed by atoms with Gasteiger partial charge in [0.15, 0.2) is 0 Å². The molecule has 26 heavy (non-hydrogen) atoms. The molecule has 1 unspecified atom stereocenters. The zero-order valence-electron chi connectivity index (χ0n) is 15.0. The Labute approximate surface area is 159 Å². The maximum absolute atomic E-state index is 6.10. The van der Waals surface area contributed by atoms with E-state index in [-0.39, 0.29) is 6.04 Å². The Kier molecular flexibility index (Phi) is 4.52. The molecule has 1 heterocycles. The molecule has 1 atom stereocenters. The van der Waals surface area contributed by atoms with E-state index in [0.717, 1.165) is 22.8 Å². The topological polar surface area (TPSA) is 15.6 Å². The smallest absolute Gasteiger partial charge is 0.0831 e. The summed E-state index contributed by atoms with van der Waals surface area (Å²) in [4.78, 5) is 0. The lowest BCUT2D eigenvalue weighted by atomic mass is 9.98. The van der Waals surface area contributed by atoms with E-state index in [2.05, 4.69) is 73.5 Å². The minimum Gasteiger partial charge on any atom is -0.257 e. The van der Waals surface area contributed by atoms with Crippen LogP contribution in [0.1, 0.15) is 34.7 Å². The Balaban J connectivity index is 1.78. The molecule has 0 saturated heterocycles. The first-order valence-corrected chi connectivity index (χ1v) is 9.24. The van der Waals surface area contributed by atoms with Crippen LogP contribution in [0.3, 0.4) is 0 Å². The molecule has 130 valence electrons. The molecule has 0 aliphatic carbocycles. The molecule has 1 aliphatic heterocycles. The average molecular weight is 361 g/mol. The monoisotopic (exact) mass is 360 g/mol. The van der Waals surface area contributed by atoms with Crippen molar-refractivity contribution in [2.75, 3.05) is 5.01 Å². The fourth-order valence-electron chi connectivity index (χ4n) is 3.54. The highest BCUT2D eigenvalue weighted by Gasteiger charge is 2.30. The van der Waals surface area contributed by atoms with Crippen molar-refractivity contribution in [1.82, 2.24) is 0 Å². The Bertz CT molecular complexity index is 946. The SMILES string of the molecule is Cc1ccc(N2N=C(c3ccccc3)CC2c2ccc(Cl)cc2)c(C)c1. The van der Waals surface area contributed by atoms with Crippen LogP contribution in [-0.4, -0.2) is 5.71 Å². The van der Waals surface area contributed by atoms with Crippen molar-refractivity contribution in [3.8, 4) is 0 Å². The first-order valence-electron chi connectivity index (χ1n) is 8.86. The molecule has 0 saturated carbocycles. The molecule has 3 heteroatoms. The molecule has 1 aliphatic rings. The van der Waals surface area contributed by atoms with Crippen molar-refractivity contribution in [2.45, 2.75) is 26.3 Å². The van der Waals surface area contributed by atoms with Crippen LogP contribution in [0.4, 0.5) is 5.69 Å². The normalized spacial score (nSPS) is 16.7. The molecular weight excluding hydrogens is 340 g/mol. The highest BCUT2D eigenvalue weighted by molar-refractivity contribution is 6.30. The van der Waals surface area contributed by atoms with Gasteiger partial charge in [-0.1, -0.05) is 71.8 Å². The summed E-state index contributed by atoms with van der Waals surface area (Å²) in [5.74, 6) is 0. The Morgan fingerprint density at radius 1 is 0.923 bits per heavy atom. The fourth-order valence-corrected chi connectivity index (χ4v) is 3.67. The van der Waals surface area contributed by atoms with Crippen LogP contribution < -0.4 is 5.01 Å². The molecule has 3 aromatic carbocycles. The van der Waals surface area contributed by atoms with Gasteiger partial charge in [-0.05, 0) is 48.7 Å². The van der Waals surface area contributed by atoms with Crippen LogP contribution >= 0.6 is 11.6 Å². The third-order valence-electron chi connectivity index (χ3n) is 4.87. The van der Waals surface area contributed by atoms with Gasteiger partial charge in [0.25, 0.3) is 0 Å². The number of hydrogen-bond donors (Lipinski definition) is 0. The predicted octanol–water partition coefficient (Wildman–Crippen LogP) is 6.31. The largest absolute Gasteiger partial charge is 0.257 e. The summed E-state index contributed by atoms with van der Waals surface area (Å²) >= 11 is 6.10. The summed E-state index contributed by atoms with van der Waals surface area (Å²) in [6.07, 6.45) is 0.874. The van der Waals surface area contributed by atoms with Gasteiger partial charge in [0.2, 0.25) is 0 Å². The number of rotatable bonds is 3. The van der Waals surface area contributed by atoms with Gasteiger partial charge in [0.05, 0.1) is 17.4 Å². The summed E-state index contributed by atoms with van der Waals surface area (Å²) in [5, 5.41) is 7.94. The molecule has 0 radical (unpaired) electrons. The van der Waals surface area contributed by atoms with Gasteiger partial charge in [-0.15, -0.1) is 0 Å². The molecule has 0 fully saturated rings. The van der Waals surface area contributed by atoms with Crippen LogP contribution in [-0.2, 0) is 0 Å². The lowest BCUT2D eigenvalue weighted by molar-refractivity contribution is 0.707. The van der Waals surface area contributed by atoms with E-state index in [1.165, 1.54) is 22.3 Å². The third-order valence-corrected chi connectivity index (χ3v) is 5.12. The second kappa shape index (κ2) is 6.97. The fraction of sp³-hybridized carbons (Fsp3) is 0.174. The maximum atomic E-state index is 6.10. The van der Waals surface area contributed by atoms with Gasteiger partial charge in [-0.3, -0.25) is 5.01 Å². The Morgan fingerprint density at radius 3 is 2.35 bits per heavy atom. The Morgan fingerprint density at radius 2 is 1.65 bits per heavy atom. The molecule has 2 nitrogen and oxygen atoms in total. The quantitative estimate of drug-likeness (QED) is 0.534. The van der Waals surface area contributed by atoms with Gasteiger partial charge >= 0.3 is 0 Å². The maximum Gasteiger partial charge on any atom is 0.0831 e. The van der Waals surface area contributed by atoms with Gasteiger partial charge < -0.3 is 0 Å². The summed E-state index contributed by atoms with van der Waals surface area (Å²) in [6.45, 7) is 4.27. The minimum atomic E-state index is 0.170. The molecule has 0 aromatic heterocycles. The van der Waals surface area contributed by atoms with Crippen molar-refractivity contribution in [2.24, 2.45) is 5.10 Å². The Hall–Kier alpha value is -2.58. The first kappa shape index (κ1) is 16.9. The standard InChI is InChI=1S/C23H21ClN2/c1-16-8-13-22(17(2)14-16)26-23(19-9-11-20(24)12-10-19)15-21(25-26)18-6-4-3-5-7-18/h3-14,23H,15H2,1-2H3. The number of hydrazone groups is 1. The molecule has 0 N–H and O–H groups in total. The van der Waals surface area contributed by atoms with E-state index in [4.69, 9.17) is 16.7 Å². The van der Waals surface area contributed by atoms with Gasteiger partial charge in [0.1, 0.15) is 0 Å². The molecule has 3 aromatic rings. The van der Waals surface area contributed by atoms with Crippen molar-refractivity contribution >= 4 is 23.0 Å². The number of anilines is 1. The third kappa shape index (κ3) is 3.25.